The lowest BCUT2D eigenvalue weighted by molar-refractivity contribution is -0.153. The van der Waals surface area contributed by atoms with Gasteiger partial charge in [-0.15, -0.1) is 0 Å². The van der Waals surface area contributed by atoms with Crippen molar-refractivity contribution in [3.8, 4) is 0 Å². The SMILES string of the molecule is Cc1ccc(C)c(NC(=O)C(C)OC(=O)CCC2NC(=O)NC2=O)c1. The topological polar surface area (TPSA) is 114 Å². The fourth-order valence-electron chi connectivity index (χ4n) is 2.34. The van der Waals surface area contributed by atoms with Gasteiger partial charge in [0.05, 0.1) is 0 Å². The van der Waals surface area contributed by atoms with Crippen LogP contribution in [0.4, 0.5) is 10.5 Å². The van der Waals surface area contributed by atoms with E-state index in [9.17, 15) is 19.2 Å². The van der Waals surface area contributed by atoms with E-state index in [-0.39, 0.29) is 12.8 Å². The van der Waals surface area contributed by atoms with Crippen LogP contribution < -0.4 is 16.0 Å². The fraction of sp³-hybridized carbons (Fsp3) is 0.412. The van der Waals surface area contributed by atoms with Gasteiger partial charge in [0.25, 0.3) is 11.8 Å². The van der Waals surface area contributed by atoms with Crippen molar-refractivity contribution in [1.29, 1.82) is 0 Å². The normalized spacial score (nSPS) is 17.5. The molecule has 8 nitrogen and oxygen atoms in total. The van der Waals surface area contributed by atoms with Crippen molar-refractivity contribution >= 4 is 29.5 Å². The zero-order chi connectivity index (χ0) is 18.6. The first-order chi connectivity index (χ1) is 11.8. The number of nitrogens with one attached hydrogen (secondary N) is 3. The van der Waals surface area contributed by atoms with Gasteiger partial charge in [0, 0.05) is 12.1 Å². The summed E-state index contributed by atoms with van der Waals surface area (Å²) in [4.78, 5) is 46.4. The molecule has 0 bridgehead atoms. The number of carbonyl (C=O) groups is 4. The maximum atomic E-state index is 12.2. The summed E-state index contributed by atoms with van der Waals surface area (Å²) in [6, 6.07) is 4.33. The lowest BCUT2D eigenvalue weighted by Gasteiger charge is -2.15. The number of imide groups is 1. The van der Waals surface area contributed by atoms with Crippen LogP contribution in [0.2, 0.25) is 0 Å². The van der Waals surface area contributed by atoms with Gasteiger partial charge in [0.1, 0.15) is 6.04 Å². The van der Waals surface area contributed by atoms with Crippen LogP contribution in [0.15, 0.2) is 18.2 Å². The molecule has 2 unspecified atom stereocenters. The maximum absolute atomic E-state index is 12.2. The monoisotopic (exact) mass is 347 g/mol. The molecule has 2 atom stereocenters. The molecule has 1 heterocycles. The predicted molar refractivity (Wildman–Crippen MR) is 89.8 cm³/mol. The van der Waals surface area contributed by atoms with Gasteiger partial charge in [-0.25, -0.2) is 4.79 Å². The third kappa shape index (κ3) is 5.03. The highest BCUT2D eigenvalue weighted by Crippen LogP contribution is 2.17. The average molecular weight is 347 g/mol. The smallest absolute Gasteiger partial charge is 0.322 e. The highest BCUT2D eigenvalue weighted by molar-refractivity contribution is 6.04. The van der Waals surface area contributed by atoms with E-state index in [0.29, 0.717) is 5.69 Å². The predicted octanol–water partition coefficient (Wildman–Crippen LogP) is 1.16. The second-order valence-electron chi connectivity index (χ2n) is 5.99. The Hall–Kier alpha value is -2.90. The Kier molecular flexibility index (Phi) is 5.74. The number of anilines is 1. The second kappa shape index (κ2) is 7.78. The van der Waals surface area contributed by atoms with Crippen LogP contribution in [0.3, 0.4) is 0 Å². The molecule has 1 aromatic rings. The van der Waals surface area contributed by atoms with Crippen LogP contribution in [0.1, 0.15) is 30.9 Å². The third-order valence-corrected chi connectivity index (χ3v) is 3.82. The Morgan fingerprint density at radius 2 is 2.00 bits per heavy atom. The Labute approximate surface area is 145 Å². The lowest BCUT2D eigenvalue weighted by Crippen LogP contribution is -2.32. The number of carbonyl (C=O) groups excluding carboxylic acids is 4. The fourth-order valence-corrected chi connectivity index (χ4v) is 2.34. The summed E-state index contributed by atoms with van der Waals surface area (Å²) in [5.74, 6) is -1.52. The molecular formula is C17H21N3O5. The molecular weight excluding hydrogens is 326 g/mol. The van der Waals surface area contributed by atoms with Crippen molar-refractivity contribution in [2.75, 3.05) is 5.32 Å². The van der Waals surface area contributed by atoms with Crippen LogP contribution in [-0.2, 0) is 19.1 Å². The van der Waals surface area contributed by atoms with Gasteiger partial charge >= 0.3 is 12.0 Å². The zero-order valence-corrected chi connectivity index (χ0v) is 14.3. The van der Waals surface area contributed by atoms with Crippen molar-refractivity contribution in [3.63, 3.8) is 0 Å². The van der Waals surface area contributed by atoms with Crippen molar-refractivity contribution in [2.24, 2.45) is 0 Å². The van der Waals surface area contributed by atoms with Crippen LogP contribution in [0.5, 0.6) is 0 Å². The number of esters is 1. The number of aryl methyl sites for hydroxylation is 2. The minimum absolute atomic E-state index is 0.0839. The summed E-state index contributed by atoms with van der Waals surface area (Å²) >= 11 is 0. The third-order valence-electron chi connectivity index (χ3n) is 3.82. The molecule has 3 N–H and O–H groups in total. The Bertz CT molecular complexity index is 716. The van der Waals surface area contributed by atoms with Gasteiger partial charge in [-0.1, -0.05) is 12.1 Å². The Morgan fingerprint density at radius 1 is 1.28 bits per heavy atom. The number of hydrogen-bond donors (Lipinski definition) is 3. The Morgan fingerprint density at radius 3 is 2.64 bits per heavy atom. The molecule has 1 aliphatic rings. The molecule has 0 aliphatic carbocycles. The van der Waals surface area contributed by atoms with Gasteiger partial charge in [0.2, 0.25) is 0 Å². The van der Waals surface area contributed by atoms with Gasteiger partial charge in [-0.3, -0.25) is 19.7 Å². The molecule has 1 saturated heterocycles. The number of ether oxygens (including phenoxy) is 1. The van der Waals surface area contributed by atoms with Gasteiger partial charge in [0.15, 0.2) is 6.10 Å². The summed E-state index contributed by atoms with van der Waals surface area (Å²) in [5, 5.41) is 7.20. The quantitative estimate of drug-likeness (QED) is 0.528. The minimum atomic E-state index is -0.973. The average Bonchev–Trinajstić information content (AvgIpc) is 2.86. The van der Waals surface area contributed by atoms with Gasteiger partial charge in [-0.05, 0) is 44.4 Å². The van der Waals surface area contributed by atoms with Crippen LogP contribution in [0, 0.1) is 13.8 Å². The summed E-state index contributed by atoms with van der Waals surface area (Å²) in [5.41, 5.74) is 2.57. The molecule has 8 heteroatoms. The number of benzene rings is 1. The number of amides is 4. The summed E-state index contributed by atoms with van der Waals surface area (Å²) in [6.45, 7) is 5.26. The molecule has 2 rings (SSSR count). The minimum Gasteiger partial charge on any atom is -0.453 e. The molecule has 1 aliphatic heterocycles. The van der Waals surface area contributed by atoms with E-state index in [4.69, 9.17) is 4.74 Å². The van der Waals surface area contributed by atoms with E-state index in [1.54, 1.807) is 0 Å². The van der Waals surface area contributed by atoms with E-state index in [1.165, 1.54) is 6.92 Å². The number of rotatable bonds is 6. The van der Waals surface area contributed by atoms with Crippen molar-refractivity contribution in [3.05, 3.63) is 29.3 Å². The zero-order valence-electron chi connectivity index (χ0n) is 14.3. The second-order valence-corrected chi connectivity index (χ2v) is 5.99. The largest absolute Gasteiger partial charge is 0.453 e. The van der Waals surface area contributed by atoms with E-state index < -0.39 is 36.0 Å². The molecule has 1 fully saturated rings. The van der Waals surface area contributed by atoms with Crippen LogP contribution in [-0.4, -0.2) is 36.0 Å². The summed E-state index contributed by atoms with van der Waals surface area (Å²) < 4.78 is 5.08. The van der Waals surface area contributed by atoms with E-state index >= 15 is 0 Å². The first kappa shape index (κ1) is 18.4. The number of hydrogen-bond acceptors (Lipinski definition) is 5. The molecule has 25 heavy (non-hydrogen) atoms. The highest BCUT2D eigenvalue weighted by atomic mass is 16.5. The van der Waals surface area contributed by atoms with Crippen LogP contribution >= 0.6 is 0 Å². The highest BCUT2D eigenvalue weighted by Gasteiger charge is 2.30. The van der Waals surface area contributed by atoms with Crippen molar-refractivity contribution in [2.45, 2.75) is 45.8 Å². The maximum Gasteiger partial charge on any atom is 0.322 e. The lowest BCUT2D eigenvalue weighted by atomic mass is 10.1. The first-order valence-electron chi connectivity index (χ1n) is 7.95. The molecule has 0 aromatic heterocycles. The van der Waals surface area contributed by atoms with E-state index in [2.05, 4.69) is 16.0 Å². The van der Waals surface area contributed by atoms with Crippen LogP contribution in [0.25, 0.3) is 0 Å². The van der Waals surface area contributed by atoms with Crippen molar-refractivity contribution in [1.82, 2.24) is 10.6 Å². The number of urea groups is 1. The van der Waals surface area contributed by atoms with Crippen molar-refractivity contribution < 1.29 is 23.9 Å². The summed E-state index contributed by atoms with van der Waals surface area (Å²) in [6.07, 6.45) is -0.944. The van der Waals surface area contributed by atoms with E-state index in [0.717, 1.165) is 11.1 Å². The molecule has 4 amide bonds. The van der Waals surface area contributed by atoms with E-state index in [1.807, 2.05) is 32.0 Å². The molecule has 1 aromatic carbocycles. The Balaban J connectivity index is 1.82. The first-order valence-corrected chi connectivity index (χ1v) is 7.95. The molecule has 134 valence electrons. The van der Waals surface area contributed by atoms with Gasteiger partial charge in [-0.2, -0.15) is 0 Å². The summed E-state index contributed by atoms with van der Waals surface area (Å²) in [7, 11) is 0. The molecule has 0 radical (unpaired) electrons. The molecule has 0 saturated carbocycles. The van der Waals surface area contributed by atoms with Gasteiger partial charge < -0.3 is 15.4 Å². The molecule has 0 spiro atoms. The standard InChI is InChI=1S/C17H21N3O5/c1-9-4-5-10(2)13(8-9)18-15(22)11(3)25-14(21)7-6-12-16(23)20-17(24)19-12/h4-5,8,11-12H,6-7H2,1-3H3,(H,18,22)(H2,19,20,23,24).